The number of ether oxygens (including phenoxy) is 7. The Bertz CT molecular complexity index is 2050. The van der Waals surface area contributed by atoms with E-state index in [1.807, 2.05) is 82.1 Å². The van der Waals surface area contributed by atoms with Crippen LogP contribution in [0.25, 0.3) is 0 Å². The molecule has 4 fully saturated rings. The summed E-state index contributed by atoms with van der Waals surface area (Å²) in [6, 6.07) is 5.74. The third kappa shape index (κ3) is 14.7. The number of anilines is 1. The number of hydrazine groups is 2. The van der Waals surface area contributed by atoms with Crippen LogP contribution < -0.4 is 15.9 Å². The van der Waals surface area contributed by atoms with E-state index >= 15 is 0 Å². The number of methoxy groups -OCH3 is 2. The number of aliphatic hydroxyl groups is 4. The Balaban J connectivity index is 1.23. The molecule has 5 heterocycles. The van der Waals surface area contributed by atoms with Gasteiger partial charge in [-0.1, -0.05) is 48.6 Å². The lowest BCUT2D eigenvalue weighted by atomic mass is 9.83. The lowest BCUT2D eigenvalue weighted by molar-refractivity contribution is -0.296. The molecule has 0 unspecified atom stereocenters. The lowest BCUT2D eigenvalue weighted by Gasteiger charge is -2.48. The maximum absolute atomic E-state index is 14.9. The smallest absolute Gasteiger partial charge is 0.311 e. The van der Waals surface area contributed by atoms with Crippen molar-refractivity contribution in [1.29, 1.82) is 0 Å². The Labute approximate surface area is 458 Å². The van der Waals surface area contributed by atoms with Gasteiger partial charge in [0, 0.05) is 89.2 Å². The van der Waals surface area contributed by atoms with Gasteiger partial charge >= 0.3 is 5.97 Å². The average Bonchev–Trinajstić information content (AvgIpc) is 4.02. The summed E-state index contributed by atoms with van der Waals surface area (Å²) in [6.45, 7) is 17.1. The summed E-state index contributed by atoms with van der Waals surface area (Å²) in [5.74, 6) is -1.80. The Morgan fingerprint density at radius 1 is 0.987 bits per heavy atom. The number of nitrogens with zero attached hydrogens (tertiary/aromatic N) is 4. The number of carbonyl (C=O) groups excluding carboxylic acids is 2. The van der Waals surface area contributed by atoms with Crippen molar-refractivity contribution in [1.82, 2.24) is 25.8 Å². The number of cyclic esters (lactones) is 1. The first kappa shape index (κ1) is 61.8. The standard InChI is InChI=1S/C54H90FIN6O13/c1-14-41-54(9,68)48(65)35(6)60(11)29-31(2)25-53(8,67)49(44(56)46(34(5)50(66)73-41)74-43-27-52(7,70-13)26-33(4)71-43)75-51-45(64)39(24-32(3)72-51)59(10)23-21-37-30-62(58-57-37)40(28-55)47(69-12)36-17-19-38(20-18-36)61-22-15-16-42(61)63/h17-20,30-35,39-41,43-49,51,57-58,64-65,67-68H,14-16,21-29H2,1-13H3/t31-,32-,33+,34-,35-,39+,40-,41-,43+,44+,45-,46-,47-,48-,49-,51+,52+,53-,54-/m1/s1. The number of hydrogen-bond donors (Lipinski definition) is 6. The molecule has 0 spiro atoms. The zero-order chi connectivity index (χ0) is 55.3. The largest absolute Gasteiger partial charge is 0.459 e. The summed E-state index contributed by atoms with van der Waals surface area (Å²) in [6.07, 6.45) is -3.54. The molecule has 6 N–H and O–H groups in total. The number of esters is 1. The molecule has 6 rings (SSSR count). The first-order valence-electron chi connectivity index (χ1n) is 27.0. The van der Waals surface area contributed by atoms with Crippen LogP contribution in [0.2, 0.25) is 0 Å². The van der Waals surface area contributed by atoms with Gasteiger partial charge in [-0.05, 0) is 112 Å². The van der Waals surface area contributed by atoms with Crippen molar-refractivity contribution in [3.05, 3.63) is 41.7 Å². The third-order valence-electron chi connectivity index (χ3n) is 16.5. The van der Waals surface area contributed by atoms with Crippen molar-refractivity contribution in [2.75, 3.05) is 59.5 Å². The van der Waals surface area contributed by atoms with Crippen LogP contribution in [-0.2, 0) is 42.7 Å². The molecule has 19 atom stereocenters. The van der Waals surface area contributed by atoms with E-state index in [9.17, 15) is 34.4 Å². The Morgan fingerprint density at radius 2 is 1.68 bits per heavy atom. The molecular formula is C54H90FIN6O13. The average molecular weight is 1180 g/mol. The normalized spacial score (nSPS) is 39.9. The van der Waals surface area contributed by atoms with Gasteiger partial charge in [-0.3, -0.25) is 14.6 Å². The van der Waals surface area contributed by atoms with Crippen LogP contribution in [0.1, 0.15) is 125 Å². The molecule has 0 saturated carbocycles. The van der Waals surface area contributed by atoms with E-state index in [0.29, 0.717) is 51.7 Å². The maximum Gasteiger partial charge on any atom is 0.311 e. The van der Waals surface area contributed by atoms with Gasteiger partial charge in [-0.15, -0.1) is 5.53 Å². The van der Waals surface area contributed by atoms with Crippen LogP contribution >= 0.6 is 22.6 Å². The minimum atomic E-state index is -1.82. The molecule has 5 aliphatic rings. The summed E-state index contributed by atoms with van der Waals surface area (Å²) in [5, 5.41) is 50.5. The topological polar surface area (TPSA) is 217 Å². The van der Waals surface area contributed by atoms with Gasteiger partial charge < -0.3 is 73.7 Å². The molecule has 0 bridgehead atoms. The third-order valence-corrected chi connectivity index (χ3v) is 17.9. The highest BCUT2D eigenvalue weighted by molar-refractivity contribution is 14.1. The second-order valence-corrected chi connectivity index (χ2v) is 24.4. The molecule has 0 aliphatic carbocycles. The van der Waals surface area contributed by atoms with Gasteiger partial charge in [0.05, 0.1) is 39.4 Å². The summed E-state index contributed by atoms with van der Waals surface area (Å²) >= 11 is 2.18. The number of aliphatic hydroxyl groups excluding tert-OH is 2. The summed E-state index contributed by atoms with van der Waals surface area (Å²) in [5.41, 5.74) is 4.60. The quantitative estimate of drug-likeness (QED) is 0.0739. The van der Waals surface area contributed by atoms with Gasteiger partial charge in [0.25, 0.3) is 0 Å². The van der Waals surface area contributed by atoms with Crippen LogP contribution in [0.5, 0.6) is 0 Å². The number of amides is 1. The van der Waals surface area contributed by atoms with Crippen molar-refractivity contribution in [2.24, 2.45) is 11.8 Å². The molecule has 19 nitrogen and oxygen atoms in total. The summed E-state index contributed by atoms with van der Waals surface area (Å²) < 4.78 is 58.7. The summed E-state index contributed by atoms with van der Waals surface area (Å²) in [7, 11) is 6.95. The van der Waals surface area contributed by atoms with Gasteiger partial charge in [0.2, 0.25) is 5.91 Å². The van der Waals surface area contributed by atoms with Gasteiger partial charge in [0.1, 0.15) is 48.8 Å². The number of halogens is 2. The molecule has 1 amide bonds. The van der Waals surface area contributed by atoms with E-state index in [0.717, 1.165) is 23.4 Å². The fraction of sp³-hybridized carbons (Fsp3) is 0.815. The number of carbonyl (C=O) groups is 2. The minimum Gasteiger partial charge on any atom is -0.459 e. The monoisotopic (exact) mass is 1180 g/mol. The molecule has 428 valence electrons. The first-order chi connectivity index (χ1) is 35.3. The Morgan fingerprint density at radius 3 is 2.29 bits per heavy atom. The van der Waals surface area contributed by atoms with Gasteiger partial charge in [0.15, 0.2) is 12.6 Å². The second kappa shape index (κ2) is 26.3. The molecule has 75 heavy (non-hydrogen) atoms. The van der Waals surface area contributed by atoms with Crippen LogP contribution in [0.4, 0.5) is 10.1 Å². The Kier molecular flexibility index (Phi) is 21.7. The van der Waals surface area contributed by atoms with Crippen LogP contribution in [0.3, 0.4) is 0 Å². The molecule has 4 saturated heterocycles. The fourth-order valence-corrected chi connectivity index (χ4v) is 13.7. The van der Waals surface area contributed by atoms with Crippen LogP contribution in [-0.4, -0.2) is 196 Å². The number of benzene rings is 1. The summed E-state index contributed by atoms with van der Waals surface area (Å²) in [4.78, 5) is 32.6. The highest BCUT2D eigenvalue weighted by atomic mass is 127. The minimum absolute atomic E-state index is 0.0926. The van der Waals surface area contributed by atoms with Crippen molar-refractivity contribution in [3.8, 4) is 0 Å². The van der Waals surface area contributed by atoms with Crippen molar-refractivity contribution in [3.63, 3.8) is 0 Å². The SMILES string of the molecule is CC[C@H]1OC(=O)[C@H](C)[C@@H](O[C@H]2C[C@@](C)(OC)C[C@H](C)O2)[C@H](I)[C@@H](O[C@@H]2O[C@H](C)C[C@H](N(C)CCC3=CN([C@H](CF)[C@H](OC)c4ccc(N5CCCC5=O)cc4)NN3)[C@H]2O)[C@](C)(O)C[C@@H](C)CN(C)[C@H](C)[C@@H](O)[C@]1(C)O. The highest BCUT2D eigenvalue weighted by Gasteiger charge is 2.52. The van der Waals surface area contributed by atoms with Crippen LogP contribution in [0.15, 0.2) is 36.2 Å². The number of nitrogens with one attached hydrogen (secondary N) is 2. The number of rotatable bonds is 16. The van der Waals surface area contributed by atoms with E-state index in [2.05, 4.69) is 33.6 Å². The van der Waals surface area contributed by atoms with Crippen LogP contribution in [0, 0.1) is 11.8 Å². The van der Waals surface area contributed by atoms with E-state index < -0.39 is 107 Å². The fourth-order valence-electron chi connectivity index (χ4n) is 11.9. The molecule has 21 heteroatoms. The van der Waals surface area contributed by atoms with Crippen molar-refractivity contribution < 1.29 is 67.6 Å². The Hall–Kier alpha value is -2.36. The highest BCUT2D eigenvalue weighted by Crippen LogP contribution is 2.41. The van der Waals surface area contributed by atoms with Gasteiger partial charge in [-0.25, -0.2) is 4.39 Å². The second-order valence-electron chi connectivity index (χ2n) is 22.9. The molecule has 1 aromatic rings. The number of hydrogen-bond acceptors (Lipinski definition) is 18. The van der Waals surface area contributed by atoms with E-state index in [-0.39, 0.29) is 36.9 Å². The van der Waals surface area contributed by atoms with E-state index in [1.165, 1.54) is 6.92 Å². The lowest BCUT2D eigenvalue weighted by Crippen LogP contribution is -2.61. The number of likely N-dealkylation sites (N-methyl/N-ethyl adjacent to an activating group) is 2. The zero-order valence-corrected chi connectivity index (χ0v) is 48.8. The van der Waals surface area contributed by atoms with Crippen molar-refractivity contribution in [2.45, 2.75) is 214 Å². The number of alkyl halides is 2. The zero-order valence-electron chi connectivity index (χ0n) is 46.6. The van der Waals surface area contributed by atoms with Gasteiger partial charge in [-0.2, -0.15) is 0 Å². The first-order valence-corrected chi connectivity index (χ1v) is 28.2. The maximum atomic E-state index is 14.9. The predicted molar refractivity (Wildman–Crippen MR) is 289 cm³/mol. The molecule has 0 aromatic heterocycles. The molecular weight excluding hydrogens is 1090 g/mol. The van der Waals surface area contributed by atoms with E-state index in [1.54, 1.807) is 51.8 Å². The van der Waals surface area contributed by atoms with E-state index in [4.69, 9.17) is 33.2 Å². The molecule has 0 radical (unpaired) electrons. The molecule has 1 aromatic carbocycles. The molecule has 5 aliphatic heterocycles. The van der Waals surface area contributed by atoms with Crippen molar-refractivity contribution >= 4 is 40.2 Å². The predicted octanol–water partition coefficient (Wildman–Crippen LogP) is 4.88.